The predicted octanol–water partition coefficient (Wildman–Crippen LogP) is 3.70. The van der Waals surface area contributed by atoms with E-state index >= 15 is 0 Å². The summed E-state index contributed by atoms with van der Waals surface area (Å²) >= 11 is 0. The van der Waals surface area contributed by atoms with Crippen molar-refractivity contribution in [2.24, 2.45) is 5.92 Å². The van der Waals surface area contributed by atoms with Gasteiger partial charge in [0.05, 0.1) is 32.3 Å². The fraction of sp³-hybridized carbons (Fsp3) is 0.200. The van der Waals surface area contributed by atoms with Crippen LogP contribution in [0.25, 0.3) is 6.08 Å². The number of hydrogen-bond acceptors (Lipinski definition) is 5. The molecular weight excluding hydrogens is 316 g/mol. The number of nitrogens with zero attached hydrogens (tertiary/aromatic N) is 2. The second-order valence-corrected chi connectivity index (χ2v) is 5.38. The van der Waals surface area contributed by atoms with Gasteiger partial charge in [0.2, 0.25) is 0 Å². The van der Waals surface area contributed by atoms with Crippen LogP contribution in [0.1, 0.15) is 11.1 Å². The number of methoxy groups -OCH3 is 2. The summed E-state index contributed by atoms with van der Waals surface area (Å²) in [4.78, 5) is 0. The lowest BCUT2D eigenvalue weighted by molar-refractivity contribution is 0.373. The highest BCUT2D eigenvalue weighted by Crippen LogP contribution is 2.28. The van der Waals surface area contributed by atoms with Crippen molar-refractivity contribution in [2.75, 3.05) is 14.2 Å². The smallest absolute Gasteiger partial charge is 0.160 e. The lowest BCUT2D eigenvalue weighted by atomic mass is 9.92. The van der Waals surface area contributed by atoms with Crippen molar-refractivity contribution in [1.29, 1.82) is 10.5 Å². The largest absolute Gasteiger partial charge is 0.504 e. The van der Waals surface area contributed by atoms with E-state index in [0.29, 0.717) is 23.3 Å². The van der Waals surface area contributed by atoms with Crippen LogP contribution in [0.5, 0.6) is 17.2 Å². The number of rotatable bonds is 6. The molecule has 0 unspecified atom stereocenters. The third-order valence-corrected chi connectivity index (χ3v) is 3.78. The maximum atomic E-state index is 9.84. The van der Waals surface area contributed by atoms with Gasteiger partial charge in [-0.2, -0.15) is 10.5 Å². The van der Waals surface area contributed by atoms with Gasteiger partial charge in [0, 0.05) is 5.57 Å². The molecule has 5 heteroatoms. The first-order valence-corrected chi connectivity index (χ1v) is 7.62. The van der Waals surface area contributed by atoms with Crippen molar-refractivity contribution in [2.45, 2.75) is 6.42 Å². The van der Waals surface area contributed by atoms with E-state index in [2.05, 4.69) is 12.1 Å². The topological polar surface area (TPSA) is 86.3 Å². The number of aromatic hydroxyl groups is 1. The molecule has 0 aliphatic carbocycles. The highest BCUT2D eigenvalue weighted by atomic mass is 16.5. The van der Waals surface area contributed by atoms with Gasteiger partial charge in [-0.05, 0) is 47.9 Å². The molecule has 0 fully saturated rings. The van der Waals surface area contributed by atoms with E-state index in [-0.39, 0.29) is 5.75 Å². The highest BCUT2D eigenvalue weighted by Gasteiger charge is 2.15. The zero-order chi connectivity index (χ0) is 18.2. The molecule has 2 aromatic carbocycles. The van der Waals surface area contributed by atoms with E-state index in [1.807, 2.05) is 24.3 Å². The number of phenolic OH excluding ortho intramolecular Hbond substituents is 1. The molecule has 126 valence electrons. The SMILES string of the molecule is COc1ccc(C[C@@H](C#N)C(C#N)=Cc2ccc(OC)c(O)c2)cc1. The molecule has 0 aromatic heterocycles. The number of benzene rings is 2. The summed E-state index contributed by atoms with van der Waals surface area (Å²) < 4.78 is 10.1. The Kier molecular flexibility index (Phi) is 6.03. The Hall–Kier alpha value is -3.44. The molecule has 2 aromatic rings. The number of phenols is 1. The summed E-state index contributed by atoms with van der Waals surface area (Å²) in [6, 6.07) is 16.5. The third kappa shape index (κ3) is 4.53. The van der Waals surface area contributed by atoms with Crippen molar-refractivity contribution < 1.29 is 14.6 Å². The van der Waals surface area contributed by atoms with E-state index < -0.39 is 5.92 Å². The normalized spacial score (nSPS) is 11.9. The van der Waals surface area contributed by atoms with Crippen LogP contribution < -0.4 is 9.47 Å². The molecule has 0 amide bonds. The third-order valence-electron chi connectivity index (χ3n) is 3.78. The predicted molar refractivity (Wildman–Crippen MR) is 94.0 cm³/mol. The minimum atomic E-state index is -0.581. The molecule has 0 saturated carbocycles. The van der Waals surface area contributed by atoms with Crippen LogP contribution in [0.2, 0.25) is 0 Å². The molecule has 0 bridgehead atoms. The fourth-order valence-electron chi connectivity index (χ4n) is 2.41. The van der Waals surface area contributed by atoms with E-state index in [1.54, 1.807) is 25.3 Å². The Morgan fingerprint density at radius 1 is 1.12 bits per heavy atom. The van der Waals surface area contributed by atoms with Crippen LogP contribution in [-0.4, -0.2) is 19.3 Å². The Balaban J connectivity index is 2.25. The molecule has 1 atom stereocenters. The summed E-state index contributed by atoms with van der Waals surface area (Å²) in [6.07, 6.45) is 2.03. The molecule has 0 radical (unpaired) electrons. The summed E-state index contributed by atoms with van der Waals surface area (Å²) in [5.41, 5.74) is 1.90. The average molecular weight is 334 g/mol. The average Bonchev–Trinajstić information content (AvgIpc) is 2.65. The molecular formula is C20H18N2O3. The van der Waals surface area contributed by atoms with E-state index in [4.69, 9.17) is 9.47 Å². The molecule has 0 aliphatic heterocycles. The van der Waals surface area contributed by atoms with Crippen LogP contribution in [0.3, 0.4) is 0 Å². The second-order valence-electron chi connectivity index (χ2n) is 5.38. The van der Waals surface area contributed by atoms with Crippen LogP contribution in [0.4, 0.5) is 0 Å². The first-order chi connectivity index (χ1) is 12.1. The lowest BCUT2D eigenvalue weighted by Gasteiger charge is -2.09. The summed E-state index contributed by atoms with van der Waals surface area (Å²) in [6.45, 7) is 0. The van der Waals surface area contributed by atoms with Crippen molar-refractivity contribution in [3.05, 3.63) is 59.2 Å². The Morgan fingerprint density at radius 2 is 1.84 bits per heavy atom. The van der Waals surface area contributed by atoms with Gasteiger partial charge in [0.1, 0.15) is 5.75 Å². The van der Waals surface area contributed by atoms with E-state index in [0.717, 1.165) is 11.3 Å². The number of ether oxygens (including phenoxy) is 2. The quantitative estimate of drug-likeness (QED) is 0.814. The Labute approximate surface area is 147 Å². The zero-order valence-electron chi connectivity index (χ0n) is 14.1. The number of allylic oxidation sites excluding steroid dienone is 1. The van der Waals surface area contributed by atoms with Crippen LogP contribution in [0.15, 0.2) is 48.0 Å². The minimum absolute atomic E-state index is 0.0165. The van der Waals surface area contributed by atoms with Crippen molar-refractivity contribution in [1.82, 2.24) is 0 Å². The molecule has 25 heavy (non-hydrogen) atoms. The maximum Gasteiger partial charge on any atom is 0.160 e. The van der Waals surface area contributed by atoms with Crippen LogP contribution >= 0.6 is 0 Å². The van der Waals surface area contributed by atoms with E-state index in [1.165, 1.54) is 13.2 Å². The summed E-state index contributed by atoms with van der Waals surface area (Å²) in [5.74, 6) is 0.493. The maximum absolute atomic E-state index is 9.84. The Morgan fingerprint density at radius 3 is 2.36 bits per heavy atom. The number of nitriles is 2. The molecule has 0 saturated heterocycles. The standard InChI is InChI=1S/C20H18N2O3/c1-24-18-6-3-14(4-7-18)9-16(12-21)17(13-22)10-15-5-8-20(25-2)19(23)11-15/h3-8,10-11,16,23H,9H2,1-2H3/t16-/m0/s1. The molecule has 1 N–H and O–H groups in total. The molecule has 5 nitrogen and oxygen atoms in total. The first-order valence-electron chi connectivity index (χ1n) is 7.62. The van der Waals surface area contributed by atoms with E-state index in [9.17, 15) is 15.6 Å². The van der Waals surface area contributed by atoms with Crippen LogP contribution in [0, 0.1) is 28.6 Å². The van der Waals surface area contributed by atoms with Gasteiger partial charge in [0.25, 0.3) is 0 Å². The van der Waals surface area contributed by atoms with Crippen molar-refractivity contribution in [3.8, 4) is 29.4 Å². The van der Waals surface area contributed by atoms with Gasteiger partial charge in [-0.15, -0.1) is 0 Å². The first kappa shape index (κ1) is 17.9. The van der Waals surface area contributed by atoms with Gasteiger partial charge < -0.3 is 14.6 Å². The monoisotopic (exact) mass is 334 g/mol. The zero-order valence-corrected chi connectivity index (χ0v) is 14.1. The summed E-state index contributed by atoms with van der Waals surface area (Å²) in [5, 5.41) is 28.8. The second kappa shape index (κ2) is 8.42. The molecule has 0 heterocycles. The molecule has 0 aliphatic rings. The van der Waals surface area contributed by atoms with Gasteiger partial charge in [-0.25, -0.2) is 0 Å². The fourth-order valence-corrected chi connectivity index (χ4v) is 2.41. The van der Waals surface area contributed by atoms with Gasteiger partial charge in [-0.1, -0.05) is 18.2 Å². The van der Waals surface area contributed by atoms with Gasteiger partial charge >= 0.3 is 0 Å². The lowest BCUT2D eigenvalue weighted by Crippen LogP contribution is -2.04. The van der Waals surface area contributed by atoms with Crippen LogP contribution in [-0.2, 0) is 6.42 Å². The highest BCUT2D eigenvalue weighted by molar-refractivity contribution is 5.62. The van der Waals surface area contributed by atoms with Gasteiger partial charge in [-0.3, -0.25) is 0 Å². The minimum Gasteiger partial charge on any atom is -0.504 e. The number of hydrogen-bond donors (Lipinski definition) is 1. The molecule has 2 rings (SSSR count). The Bertz CT molecular complexity index is 843. The van der Waals surface area contributed by atoms with Crippen molar-refractivity contribution in [3.63, 3.8) is 0 Å². The van der Waals surface area contributed by atoms with Gasteiger partial charge in [0.15, 0.2) is 11.5 Å². The van der Waals surface area contributed by atoms with Crippen molar-refractivity contribution >= 4 is 6.08 Å². The summed E-state index contributed by atoms with van der Waals surface area (Å²) in [7, 11) is 3.06. The molecule has 0 spiro atoms.